The van der Waals surface area contributed by atoms with E-state index in [2.05, 4.69) is 27.2 Å². The van der Waals surface area contributed by atoms with Crippen LogP contribution >= 0.6 is 0 Å². The van der Waals surface area contributed by atoms with Crippen LogP contribution in [-0.4, -0.2) is 29.0 Å². The van der Waals surface area contributed by atoms with Gasteiger partial charge in [0, 0.05) is 30.5 Å². The monoisotopic (exact) mass is 524 g/mol. The van der Waals surface area contributed by atoms with E-state index in [0.29, 0.717) is 41.8 Å². The predicted molar refractivity (Wildman–Crippen MR) is 143 cm³/mol. The van der Waals surface area contributed by atoms with Crippen LogP contribution < -0.4 is 10.6 Å². The van der Waals surface area contributed by atoms with Crippen molar-refractivity contribution in [2.75, 3.05) is 23.7 Å². The average molecular weight is 525 g/mol. The first-order chi connectivity index (χ1) is 18.6. The van der Waals surface area contributed by atoms with E-state index < -0.39 is 17.4 Å². The largest absolute Gasteiger partial charge is 0.404 e. The third kappa shape index (κ3) is 5.44. The third-order valence-corrected chi connectivity index (χ3v) is 7.08. The smallest absolute Gasteiger partial charge is 0.313 e. The van der Waals surface area contributed by atoms with Crippen molar-refractivity contribution in [1.29, 1.82) is 10.5 Å². The van der Waals surface area contributed by atoms with Gasteiger partial charge in [-0.1, -0.05) is 23.3 Å². The fraction of sp³-hybridized carbons (Fsp3) is 0.267. The van der Waals surface area contributed by atoms with E-state index in [9.17, 15) is 14.9 Å². The number of anilines is 2. The Kier molecular flexibility index (Phi) is 6.76. The second-order valence-corrected chi connectivity index (χ2v) is 10.4. The summed E-state index contributed by atoms with van der Waals surface area (Å²) in [5, 5.41) is 26.4. The van der Waals surface area contributed by atoms with Gasteiger partial charge in [-0.2, -0.15) is 10.5 Å². The number of aromatic nitrogens is 2. The summed E-state index contributed by atoms with van der Waals surface area (Å²) in [4.78, 5) is 2.05. The second kappa shape index (κ2) is 10.2. The molecule has 39 heavy (non-hydrogen) atoms. The minimum absolute atomic E-state index is 0.0645. The van der Waals surface area contributed by atoms with Gasteiger partial charge in [0.2, 0.25) is 5.89 Å². The fourth-order valence-electron chi connectivity index (χ4n) is 5.45. The van der Waals surface area contributed by atoms with Gasteiger partial charge >= 0.3 is 6.01 Å². The van der Waals surface area contributed by atoms with Crippen molar-refractivity contribution in [2.45, 2.75) is 31.9 Å². The van der Waals surface area contributed by atoms with Gasteiger partial charge in [0.15, 0.2) is 0 Å². The predicted octanol–water partition coefficient (Wildman–Crippen LogP) is 5.76. The number of nitrogens with zero attached hydrogens (tertiary/aromatic N) is 5. The molecule has 0 aliphatic carbocycles. The highest BCUT2D eigenvalue weighted by Crippen LogP contribution is 2.44. The molecular weight excluding hydrogens is 498 g/mol. The van der Waals surface area contributed by atoms with E-state index in [0.717, 1.165) is 16.8 Å². The molecular formula is C30H26F2N6O. The Morgan fingerprint density at radius 1 is 1.05 bits per heavy atom. The lowest BCUT2D eigenvalue weighted by atomic mass is 9.72. The van der Waals surface area contributed by atoms with Crippen LogP contribution in [0.15, 0.2) is 65.1 Å². The minimum Gasteiger partial charge on any atom is -0.404 e. The summed E-state index contributed by atoms with van der Waals surface area (Å²) in [6.07, 6.45) is 0.609. The molecule has 1 atom stereocenters. The maximum Gasteiger partial charge on any atom is 0.313 e. The lowest BCUT2D eigenvalue weighted by Crippen LogP contribution is -2.53. The zero-order valence-corrected chi connectivity index (χ0v) is 21.5. The highest BCUT2D eigenvalue weighted by atomic mass is 19.1. The molecule has 2 N–H and O–H groups in total. The molecule has 0 spiro atoms. The molecule has 4 aromatic rings. The molecule has 1 fully saturated rings. The number of nitrogen functional groups attached to an aromatic ring is 1. The number of nitriles is 2. The van der Waals surface area contributed by atoms with Gasteiger partial charge < -0.3 is 15.1 Å². The summed E-state index contributed by atoms with van der Waals surface area (Å²) in [7, 11) is 0. The molecule has 5 rings (SSSR count). The van der Waals surface area contributed by atoms with Gasteiger partial charge in [-0.05, 0) is 79.4 Å². The Hall–Kier alpha value is -4.76. The molecule has 196 valence electrons. The molecule has 1 aliphatic heterocycles. The van der Waals surface area contributed by atoms with Crippen molar-refractivity contribution in [3.05, 3.63) is 94.3 Å². The summed E-state index contributed by atoms with van der Waals surface area (Å²) in [5.41, 5.74) is 8.59. The highest BCUT2D eigenvalue weighted by Gasteiger charge is 2.43. The number of hydrogen-bond acceptors (Lipinski definition) is 7. The molecule has 0 saturated carbocycles. The number of nitrogens with two attached hydrogens (primary N) is 1. The van der Waals surface area contributed by atoms with Gasteiger partial charge in [-0.15, -0.1) is 5.10 Å². The van der Waals surface area contributed by atoms with Crippen molar-refractivity contribution in [3.63, 3.8) is 0 Å². The van der Waals surface area contributed by atoms with E-state index in [4.69, 9.17) is 10.2 Å². The van der Waals surface area contributed by atoms with Crippen LogP contribution in [0, 0.1) is 34.4 Å². The van der Waals surface area contributed by atoms with Crippen molar-refractivity contribution in [3.8, 4) is 23.6 Å². The molecule has 7 nitrogen and oxygen atoms in total. The van der Waals surface area contributed by atoms with E-state index in [1.165, 1.54) is 26.0 Å². The molecule has 0 amide bonds. The van der Waals surface area contributed by atoms with Crippen molar-refractivity contribution < 1.29 is 13.2 Å². The summed E-state index contributed by atoms with van der Waals surface area (Å²) in [6, 6.07) is 21.6. The molecule has 0 radical (unpaired) electrons. The Balaban J connectivity index is 1.40. The SMILES string of the molecule is CC(C)(F)[C@H](c1cc(F)cc(-c2nnc(N)o2)c1)C1CN(c2cc(Cc3cccc(C#N)c3)ccc2C#N)C1. The van der Waals surface area contributed by atoms with Crippen molar-refractivity contribution >= 4 is 11.7 Å². The Labute approximate surface area is 225 Å². The third-order valence-electron chi connectivity index (χ3n) is 7.08. The summed E-state index contributed by atoms with van der Waals surface area (Å²) >= 11 is 0. The van der Waals surface area contributed by atoms with Crippen LogP contribution in [0.25, 0.3) is 11.5 Å². The highest BCUT2D eigenvalue weighted by molar-refractivity contribution is 5.63. The first-order valence-electron chi connectivity index (χ1n) is 12.5. The maximum atomic E-state index is 15.6. The van der Waals surface area contributed by atoms with Crippen LogP contribution in [0.1, 0.15) is 47.6 Å². The van der Waals surface area contributed by atoms with Gasteiger partial charge in [0.05, 0.1) is 22.9 Å². The topological polar surface area (TPSA) is 116 Å². The van der Waals surface area contributed by atoms with Crippen LogP contribution in [-0.2, 0) is 6.42 Å². The average Bonchev–Trinajstić information content (AvgIpc) is 3.31. The Morgan fingerprint density at radius 2 is 1.82 bits per heavy atom. The van der Waals surface area contributed by atoms with Gasteiger partial charge in [-0.3, -0.25) is 0 Å². The first-order valence-corrected chi connectivity index (χ1v) is 12.5. The van der Waals surface area contributed by atoms with Gasteiger partial charge in [-0.25, -0.2) is 8.78 Å². The zero-order chi connectivity index (χ0) is 27.7. The van der Waals surface area contributed by atoms with Gasteiger partial charge in [0.1, 0.15) is 17.6 Å². The fourth-order valence-corrected chi connectivity index (χ4v) is 5.45. The van der Waals surface area contributed by atoms with Crippen LogP contribution in [0.4, 0.5) is 20.5 Å². The first kappa shape index (κ1) is 25.9. The summed E-state index contributed by atoms with van der Waals surface area (Å²) < 4.78 is 35.5. The molecule has 1 aliphatic rings. The number of rotatable bonds is 7. The molecule has 9 heteroatoms. The number of hydrogen-bond donors (Lipinski definition) is 1. The summed E-state index contributed by atoms with van der Waals surface area (Å²) in [6.45, 7) is 3.98. The minimum atomic E-state index is -1.65. The number of alkyl halides is 1. The molecule has 2 heterocycles. The number of halogens is 2. The molecule has 0 bridgehead atoms. The van der Waals surface area contributed by atoms with Crippen LogP contribution in [0.5, 0.6) is 0 Å². The summed E-state index contributed by atoms with van der Waals surface area (Å²) in [5.74, 6) is -1.22. The maximum absolute atomic E-state index is 15.6. The van der Waals surface area contributed by atoms with E-state index in [-0.39, 0.29) is 17.8 Å². The van der Waals surface area contributed by atoms with Gasteiger partial charge in [0.25, 0.3) is 0 Å². The van der Waals surface area contributed by atoms with Crippen molar-refractivity contribution in [2.24, 2.45) is 5.92 Å². The van der Waals surface area contributed by atoms with E-state index in [1.807, 2.05) is 30.3 Å². The van der Waals surface area contributed by atoms with E-state index in [1.54, 1.807) is 18.2 Å². The second-order valence-electron chi connectivity index (χ2n) is 10.4. The molecule has 1 saturated heterocycles. The molecule has 3 aromatic carbocycles. The normalized spacial score (nSPS) is 14.4. The quantitative estimate of drug-likeness (QED) is 0.327. The lowest BCUT2D eigenvalue weighted by Gasteiger charge is -2.48. The lowest BCUT2D eigenvalue weighted by molar-refractivity contribution is 0.118. The number of benzene rings is 3. The van der Waals surface area contributed by atoms with Crippen LogP contribution in [0.2, 0.25) is 0 Å². The zero-order valence-electron chi connectivity index (χ0n) is 21.5. The Bertz CT molecular complexity index is 1600. The molecule has 1 aromatic heterocycles. The van der Waals surface area contributed by atoms with E-state index >= 15 is 4.39 Å². The van der Waals surface area contributed by atoms with Crippen LogP contribution in [0.3, 0.4) is 0 Å². The Morgan fingerprint density at radius 3 is 2.49 bits per heavy atom. The molecule has 0 unspecified atom stereocenters. The standard InChI is InChI=1S/C30H26F2N6O/c1-30(2,32)27(22-11-23(13-25(31)12-22)28-36-37-29(35)39-28)24-16-38(17-24)26-10-19(6-7-21(26)15-34)8-18-4-3-5-20(9-18)14-33/h3-7,9-13,24,27H,8,16-17H2,1-2H3,(H2,35,37)/t27-/m1/s1. The van der Waals surface area contributed by atoms with Crippen molar-refractivity contribution in [1.82, 2.24) is 10.2 Å².